The standard InChI is InChI=1S/C44H35N/c1-28-20-24-36-37(26-28)42(31-23-25-33-32-14-8-9-17-38(32)44(2,3)39(33)27-31)34-15-6-7-16-35(34)43(36)45-40-18-10-4-12-29(40)21-22-30-13-5-11-19-41(30)45/h4-27,29,40H,1-3H3. The van der Waals surface area contributed by atoms with Crippen LogP contribution < -0.4 is 4.90 Å². The van der Waals surface area contributed by atoms with E-state index < -0.39 is 0 Å². The fourth-order valence-electron chi connectivity index (χ4n) is 8.24. The Balaban J connectivity index is 1.36. The van der Waals surface area contributed by atoms with Gasteiger partial charge in [-0.1, -0.05) is 153 Å². The van der Waals surface area contributed by atoms with Gasteiger partial charge in [-0.25, -0.2) is 0 Å². The molecule has 6 aromatic rings. The highest BCUT2D eigenvalue weighted by molar-refractivity contribution is 6.22. The number of para-hydroxylation sites is 1. The lowest BCUT2D eigenvalue weighted by molar-refractivity contribution is 0.660. The molecule has 216 valence electrons. The first kappa shape index (κ1) is 26.3. The van der Waals surface area contributed by atoms with E-state index in [4.69, 9.17) is 0 Å². The fourth-order valence-corrected chi connectivity index (χ4v) is 8.24. The van der Waals surface area contributed by atoms with E-state index in [0.717, 1.165) is 0 Å². The second kappa shape index (κ2) is 9.68. The summed E-state index contributed by atoms with van der Waals surface area (Å²) in [5.74, 6) is 0.280. The number of fused-ring (bicyclic) bond motifs is 7. The zero-order chi connectivity index (χ0) is 30.3. The molecule has 6 aromatic carbocycles. The van der Waals surface area contributed by atoms with Crippen molar-refractivity contribution >= 4 is 39.0 Å². The minimum absolute atomic E-state index is 0.0536. The molecule has 0 N–H and O–H groups in total. The molecule has 0 aromatic heterocycles. The van der Waals surface area contributed by atoms with Gasteiger partial charge in [0, 0.05) is 27.8 Å². The molecule has 1 heteroatoms. The van der Waals surface area contributed by atoms with Gasteiger partial charge in [0.05, 0.1) is 11.7 Å². The maximum absolute atomic E-state index is 2.62. The lowest BCUT2D eigenvalue weighted by Gasteiger charge is -2.37. The molecule has 2 aliphatic carbocycles. The molecule has 1 heterocycles. The summed E-state index contributed by atoms with van der Waals surface area (Å²) in [4.78, 5) is 2.62. The van der Waals surface area contributed by atoms with Crippen molar-refractivity contribution in [1.29, 1.82) is 0 Å². The summed E-state index contributed by atoms with van der Waals surface area (Å²) in [5.41, 5.74) is 13.1. The molecule has 1 nitrogen and oxygen atoms in total. The Morgan fingerprint density at radius 2 is 1.33 bits per heavy atom. The molecule has 2 unspecified atom stereocenters. The van der Waals surface area contributed by atoms with E-state index >= 15 is 0 Å². The first-order valence-electron chi connectivity index (χ1n) is 16.1. The third-order valence-corrected chi connectivity index (χ3v) is 10.4. The number of allylic oxidation sites excluding steroid dienone is 2. The van der Waals surface area contributed by atoms with E-state index in [2.05, 4.69) is 171 Å². The molecule has 0 saturated carbocycles. The van der Waals surface area contributed by atoms with Crippen LogP contribution in [0.5, 0.6) is 0 Å². The van der Waals surface area contributed by atoms with Crippen molar-refractivity contribution in [3.63, 3.8) is 0 Å². The van der Waals surface area contributed by atoms with Crippen LogP contribution in [0.25, 0.3) is 49.9 Å². The zero-order valence-electron chi connectivity index (χ0n) is 26.0. The number of benzene rings is 6. The molecular formula is C44H35N. The maximum atomic E-state index is 2.62. The molecule has 0 saturated heterocycles. The van der Waals surface area contributed by atoms with Crippen LogP contribution in [-0.4, -0.2) is 6.04 Å². The summed E-state index contributed by atoms with van der Waals surface area (Å²) in [6.45, 7) is 6.97. The van der Waals surface area contributed by atoms with Crippen LogP contribution >= 0.6 is 0 Å². The van der Waals surface area contributed by atoms with Gasteiger partial charge in [-0.05, 0) is 68.8 Å². The Hall–Kier alpha value is -5.14. The van der Waals surface area contributed by atoms with Gasteiger partial charge in [-0.3, -0.25) is 0 Å². The van der Waals surface area contributed by atoms with E-state index in [1.807, 2.05) is 0 Å². The highest BCUT2D eigenvalue weighted by Crippen LogP contribution is 2.52. The number of nitrogens with zero attached hydrogens (tertiary/aromatic N) is 1. The molecule has 1 aliphatic heterocycles. The highest BCUT2D eigenvalue weighted by Gasteiger charge is 2.36. The van der Waals surface area contributed by atoms with Gasteiger partial charge in [0.25, 0.3) is 0 Å². The van der Waals surface area contributed by atoms with Gasteiger partial charge in [0.2, 0.25) is 0 Å². The van der Waals surface area contributed by atoms with Crippen molar-refractivity contribution in [3.05, 3.63) is 162 Å². The van der Waals surface area contributed by atoms with Crippen molar-refractivity contribution in [2.45, 2.75) is 32.2 Å². The Labute approximate surface area is 265 Å². The van der Waals surface area contributed by atoms with E-state index in [1.54, 1.807) is 0 Å². The maximum Gasteiger partial charge on any atom is 0.0623 e. The van der Waals surface area contributed by atoms with E-state index in [9.17, 15) is 0 Å². The molecule has 3 aliphatic rings. The summed E-state index contributed by atoms with van der Waals surface area (Å²) in [6, 6.07) is 41.3. The molecule has 0 spiro atoms. The second-order valence-electron chi connectivity index (χ2n) is 13.4. The van der Waals surface area contributed by atoms with Gasteiger partial charge in [-0.2, -0.15) is 0 Å². The van der Waals surface area contributed by atoms with Crippen molar-refractivity contribution in [2.24, 2.45) is 5.92 Å². The predicted octanol–water partition coefficient (Wildman–Crippen LogP) is 11.6. The third-order valence-electron chi connectivity index (χ3n) is 10.4. The molecule has 2 atom stereocenters. The van der Waals surface area contributed by atoms with Gasteiger partial charge in [-0.15, -0.1) is 0 Å². The van der Waals surface area contributed by atoms with Crippen LogP contribution in [0.2, 0.25) is 0 Å². The van der Waals surface area contributed by atoms with Crippen molar-refractivity contribution in [2.75, 3.05) is 4.90 Å². The van der Waals surface area contributed by atoms with Crippen LogP contribution in [0.3, 0.4) is 0 Å². The molecule has 9 rings (SSSR count). The SMILES string of the molecule is Cc1ccc2c(N3c4ccccc4C=CC4C=CC=CC43)c3ccccc3c(-c3ccc4c(c3)C(C)(C)c3ccccc3-4)c2c1. The lowest BCUT2D eigenvalue weighted by Crippen LogP contribution is -2.35. The van der Waals surface area contributed by atoms with E-state index in [-0.39, 0.29) is 17.4 Å². The number of aryl methyl sites for hydroxylation is 1. The average molecular weight is 578 g/mol. The number of anilines is 2. The van der Waals surface area contributed by atoms with Crippen molar-refractivity contribution in [1.82, 2.24) is 0 Å². The first-order chi connectivity index (χ1) is 22.0. The monoisotopic (exact) mass is 577 g/mol. The second-order valence-corrected chi connectivity index (χ2v) is 13.4. The van der Waals surface area contributed by atoms with Crippen LogP contribution in [0.15, 0.2) is 140 Å². The van der Waals surface area contributed by atoms with Gasteiger partial charge < -0.3 is 4.90 Å². The smallest absolute Gasteiger partial charge is 0.0623 e. The first-order valence-corrected chi connectivity index (χ1v) is 16.1. The molecule has 0 radical (unpaired) electrons. The average Bonchev–Trinajstić information content (AvgIpc) is 3.18. The topological polar surface area (TPSA) is 3.24 Å². The molecule has 0 bridgehead atoms. The van der Waals surface area contributed by atoms with Gasteiger partial charge in [0.1, 0.15) is 0 Å². The molecule has 0 fully saturated rings. The summed E-state index contributed by atoms with van der Waals surface area (Å²) in [7, 11) is 0. The van der Waals surface area contributed by atoms with Gasteiger partial charge >= 0.3 is 0 Å². The summed E-state index contributed by atoms with van der Waals surface area (Å²) in [5, 5.41) is 5.17. The van der Waals surface area contributed by atoms with Crippen LogP contribution in [0.4, 0.5) is 11.4 Å². The third kappa shape index (κ3) is 3.80. The van der Waals surface area contributed by atoms with Crippen LogP contribution in [0.1, 0.15) is 36.1 Å². The lowest BCUT2D eigenvalue weighted by atomic mass is 9.80. The Morgan fingerprint density at radius 3 is 2.24 bits per heavy atom. The predicted molar refractivity (Wildman–Crippen MR) is 192 cm³/mol. The number of hydrogen-bond donors (Lipinski definition) is 0. The van der Waals surface area contributed by atoms with Crippen LogP contribution in [0, 0.1) is 12.8 Å². The van der Waals surface area contributed by atoms with E-state index in [0.29, 0.717) is 0 Å². The van der Waals surface area contributed by atoms with Gasteiger partial charge in [0.15, 0.2) is 0 Å². The quantitative estimate of drug-likeness (QED) is 0.185. The largest absolute Gasteiger partial charge is 0.332 e. The molecular weight excluding hydrogens is 542 g/mol. The Morgan fingerprint density at radius 1 is 0.600 bits per heavy atom. The number of rotatable bonds is 2. The molecule has 0 amide bonds. The van der Waals surface area contributed by atoms with Crippen molar-refractivity contribution in [3.8, 4) is 22.3 Å². The van der Waals surface area contributed by atoms with Crippen molar-refractivity contribution < 1.29 is 0 Å². The normalized spacial score (nSPS) is 18.9. The summed E-state index contributed by atoms with van der Waals surface area (Å²) >= 11 is 0. The van der Waals surface area contributed by atoms with E-state index in [1.165, 1.54) is 77.4 Å². The number of hydrogen-bond acceptors (Lipinski definition) is 1. The minimum atomic E-state index is -0.0536. The zero-order valence-corrected chi connectivity index (χ0v) is 26.0. The molecule has 45 heavy (non-hydrogen) atoms. The fraction of sp³-hybridized carbons (Fsp3) is 0.136. The Kier molecular flexibility index (Phi) is 5.65. The summed E-state index contributed by atoms with van der Waals surface area (Å²) in [6.07, 6.45) is 13.8. The minimum Gasteiger partial charge on any atom is -0.332 e. The Bertz CT molecular complexity index is 2280. The van der Waals surface area contributed by atoms with Crippen LogP contribution in [-0.2, 0) is 5.41 Å². The highest BCUT2D eigenvalue weighted by atomic mass is 15.2. The summed E-state index contributed by atoms with van der Waals surface area (Å²) < 4.78 is 0.